The number of hydrogen-bond acceptors (Lipinski definition) is 2. The van der Waals surface area contributed by atoms with Crippen LogP contribution in [-0.4, -0.2) is 13.7 Å². The predicted molar refractivity (Wildman–Crippen MR) is 79.8 cm³/mol. The number of benzene rings is 1. The normalized spacial score (nSPS) is 11.6. The second-order valence-electron chi connectivity index (χ2n) is 4.02. The van der Waals surface area contributed by atoms with Crippen LogP contribution in [0.4, 0.5) is 0 Å². The average molecular weight is 310 g/mol. The quantitative estimate of drug-likeness (QED) is 0.804. The van der Waals surface area contributed by atoms with Gasteiger partial charge in [-0.15, -0.1) is 11.8 Å². The second kappa shape index (κ2) is 8.18. The molecule has 0 amide bonds. The molecule has 1 aromatic rings. The minimum absolute atomic E-state index is 0.223. The summed E-state index contributed by atoms with van der Waals surface area (Å²) >= 11 is 3.46. The monoisotopic (exact) mass is 309 g/mol. The molecule has 1 unspecified atom stereocenters. The lowest BCUT2D eigenvalue weighted by molar-refractivity contribution is 0.399. The minimum atomic E-state index is 0.223. The van der Waals surface area contributed by atoms with Gasteiger partial charge in [0.2, 0.25) is 0 Å². The molecule has 1 rings (SSSR count). The lowest BCUT2D eigenvalue weighted by Crippen LogP contribution is -2.22. The SMILES string of the molecule is CC#CCC(NCCC)c1ccc(Br)cc1OC. The van der Waals surface area contributed by atoms with Gasteiger partial charge in [0.1, 0.15) is 5.75 Å². The van der Waals surface area contributed by atoms with Crippen molar-refractivity contribution >= 4 is 15.9 Å². The van der Waals surface area contributed by atoms with Crippen LogP contribution in [-0.2, 0) is 0 Å². The maximum absolute atomic E-state index is 5.45. The Kier molecular flexibility index (Phi) is 6.85. The highest BCUT2D eigenvalue weighted by Gasteiger charge is 2.14. The molecule has 98 valence electrons. The highest BCUT2D eigenvalue weighted by atomic mass is 79.9. The fourth-order valence-corrected chi connectivity index (χ4v) is 2.13. The van der Waals surface area contributed by atoms with Crippen LogP contribution in [0.3, 0.4) is 0 Å². The summed E-state index contributed by atoms with van der Waals surface area (Å²) in [6, 6.07) is 6.35. The molecule has 0 fully saturated rings. The van der Waals surface area contributed by atoms with Crippen LogP contribution < -0.4 is 10.1 Å². The third kappa shape index (κ3) is 4.36. The van der Waals surface area contributed by atoms with Gasteiger partial charge in [0.05, 0.1) is 7.11 Å². The van der Waals surface area contributed by atoms with E-state index in [0.29, 0.717) is 0 Å². The van der Waals surface area contributed by atoms with Crippen molar-refractivity contribution in [2.75, 3.05) is 13.7 Å². The fraction of sp³-hybridized carbons (Fsp3) is 0.467. The molecule has 0 aliphatic carbocycles. The molecule has 18 heavy (non-hydrogen) atoms. The smallest absolute Gasteiger partial charge is 0.124 e. The third-order valence-corrected chi connectivity index (χ3v) is 3.19. The van der Waals surface area contributed by atoms with Crippen molar-refractivity contribution in [1.82, 2.24) is 5.32 Å². The molecule has 0 heterocycles. The molecule has 0 bridgehead atoms. The Morgan fingerprint density at radius 2 is 2.22 bits per heavy atom. The molecule has 0 radical (unpaired) electrons. The minimum Gasteiger partial charge on any atom is -0.496 e. The zero-order valence-electron chi connectivity index (χ0n) is 11.2. The van der Waals surface area contributed by atoms with Crippen LogP contribution in [0.1, 0.15) is 38.3 Å². The Labute approximate surface area is 118 Å². The first-order valence-corrected chi connectivity index (χ1v) is 6.98. The zero-order chi connectivity index (χ0) is 13.4. The Morgan fingerprint density at radius 1 is 1.44 bits per heavy atom. The molecular formula is C15H20BrNO. The summed E-state index contributed by atoms with van der Waals surface area (Å²) in [6.07, 6.45) is 1.91. The maximum Gasteiger partial charge on any atom is 0.124 e. The molecule has 1 N–H and O–H groups in total. The van der Waals surface area contributed by atoms with Crippen molar-refractivity contribution in [2.45, 2.75) is 32.7 Å². The van der Waals surface area contributed by atoms with Crippen molar-refractivity contribution < 1.29 is 4.74 Å². The van der Waals surface area contributed by atoms with E-state index in [0.717, 1.165) is 35.2 Å². The lowest BCUT2D eigenvalue weighted by atomic mass is 10.0. The number of halogens is 1. The van der Waals surface area contributed by atoms with Crippen LogP contribution in [0.5, 0.6) is 5.75 Å². The van der Waals surface area contributed by atoms with Gasteiger partial charge in [0, 0.05) is 22.5 Å². The summed E-state index contributed by atoms with van der Waals surface area (Å²) in [4.78, 5) is 0. The molecule has 0 aliphatic heterocycles. The highest BCUT2D eigenvalue weighted by Crippen LogP contribution is 2.30. The number of rotatable bonds is 6. The molecular weight excluding hydrogens is 290 g/mol. The summed E-state index contributed by atoms with van der Waals surface area (Å²) in [5.74, 6) is 6.99. The number of hydrogen-bond donors (Lipinski definition) is 1. The largest absolute Gasteiger partial charge is 0.496 e. The van der Waals surface area contributed by atoms with E-state index in [-0.39, 0.29) is 6.04 Å². The molecule has 3 heteroatoms. The fourth-order valence-electron chi connectivity index (χ4n) is 1.79. The Balaban J connectivity index is 2.97. The molecule has 0 spiro atoms. The molecule has 2 nitrogen and oxygen atoms in total. The van der Waals surface area contributed by atoms with E-state index in [1.54, 1.807) is 7.11 Å². The van der Waals surface area contributed by atoms with Gasteiger partial charge in [-0.1, -0.05) is 28.9 Å². The molecule has 1 atom stereocenters. The van der Waals surface area contributed by atoms with E-state index in [9.17, 15) is 0 Å². The molecule has 1 aromatic carbocycles. The van der Waals surface area contributed by atoms with Gasteiger partial charge in [-0.2, -0.15) is 0 Å². The summed E-state index contributed by atoms with van der Waals surface area (Å²) in [6.45, 7) is 5.01. The maximum atomic E-state index is 5.45. The average Bonchev–Trinajstić information content (AvgIpc) is 2.39. The summed E-state index contributed by atoms with van der Waals surface area (Å²) in [5.41, 5.74) is 1.16. The first-order valence-electron chi connectivity index (χ1n) is 6.19. The van der Waals surface area contributed by atoms with Crippen LogP contribution in [0, 0.1) is 11.8 Å². The molecule has 0 saturated heterocycles. The summed E-state index contributed by atoms with van der Waals surface area (Å²) < 4.78 is 6.48. The van der Waals surface area contributed by atoms with Crippen LogP contribution in [0.2, 0.25) is 0 Å². The first kappa shape index (κ1) is 15.1. The number of ether oxygens (including phenoxy) is 1. The van der Waals surface area contributed by atoms with Crippen molar-refractivity contribution in [2.24, 2.45) is 0 Å². The van der Waals surface area contributed by atoms with Crippen LogP contribution in [0.15, 0.2) is 22.7 Å². The van der Waals surface area contributed by atoms with Crippen molar-refractivity contribution in [3.05, 3.63) is 28.2 Å². The van der Waals surface area contributed by atoms with Gasteiger partial charge in [-0.25, -0.2) is 0 Å². The molecule has 0 aromatic heterocycles. The van der Waals surface area contributed by atoms with Crippen LogP contribution >= 0.6 is 15.9 Å². The predicted octanol–water partition coefficient (Wildman–Crippen LogP) is 3.91. The van der Waals surface area contributed by atoms with Crippen LogP contribution in [0.25, 0.3) is 0 Å². The molecule has 0 saturated carbocycles. The zero-order valence-corrected chi connectivity index (χ0v) is 12.8. The summed E-state index contributed by atoms with van der Waals surface area (Å²) in [7, 11) is 1.70. The van der Waals surface area contributed by atoms with Crippen molar-refractivity contribution in [3.8, 4) is 17.6 Å². The Hall–Kier alpha value is -0.980. The molecule has 0 aliphatic rings. The van der Waals surface area contributed by atoms with Gasteiger partial charge < -0.3 is 10.1 Å². The highest BCUT2D eigenvalue weighted by molar-refractivity contribution is 9.10. The van der Waals surface area contributed by atoms with E-state index >= 15 is 0 Å². The first-order chi connectivity index (χ1) is 8.72. The topological polar surface area (TPSA) is 21.3 Å². The van der Waals surface area contributed by atoms with Gasteiger partial charge >= 0.3 is 0 Å². The Morgan fingerprint density at radius 3 is 2.83 bits per heavy atom. The third-order valence-electron chi connectivity index (χ3n) is 2.69. The number of nitrogens with one attached hydrogen (secondary N) is 1. The van der Waals surface area contributed by atoms with E-state index in [2.05, 4.69) is 46.1 Å². The van der Waals surface area contributed by atoms with E-state index in [1.807, 2.05) is 19.1 Å². The van der Waals surface area contributed by atoms with Gasteiger partial charge in [-0.3, -0.25) is 0 Å². The standard InChI is InChI=1S/C15H20BrNO/c1-4-6-7-14(17-10-5-2)13-9-8-12(16)11-15(13)18-3/h8-9,11,14,17H,5,7,10H2,1-3H3. The van der Waals surface area contributed by atoms with E-state index in [4.69, 9.17) is 4.74 Å². The van der Waals surface area contributed by atoms with Crippen molar-refractivity contribution in [3.63, 3.8) is 0 Å². The summed E-state index contributed by atoms with van der Waals surface area (Å²) in [5, 5.41) is 3.52. The number of methoxy groups -OCH3 is 1. The second-order valence-corrected chi connectivity index (χ2v) is 4.94. The van der Waals surface area contributed by atoms with Gasteiger partial charge in [0.25, 0.3) is 0 Å². The van der Waals surface area contributed by atoms with Gasteiger partial charge in [0.15, 0.2) is 0 Å². The Bertz CT molecular complexity index is 434. The lowest BCUT2D eigenvalue weighted by Gasteiger charge is -2.19. The van der Waals surface area contributed by atoms with Crippen molar-refractivity contribution in [1.29, 1.82) is 0 Å². The van der Waals surface area contributed by atoms with Gasteiger partial charge in [-0.05, 0) is 32.0 Å². The van der Waals surface area contributed by atoms with E-state index in [1.165, 1.54) is 0 Å². The van der Waals surface area contributed by atoms with E-state index < -0.39 is 0 Å².